The first-order chi connectivity index (χ1) is 14.4. The van der Waals surface area contributed by atoms with Crippen LogP contribution in [0.1, 0.15) is 26.5 Å². The maximum Gasteiger partial charge on any atom is 0.257 e. The summed E-state index contributed by atoms with van der Waals surface area (Å²) in [7, 11) is 1.44. The number of rotatable bonds is 7. The predicted octanol–water partition coefficient (Wildman–Crippen LogP) is 2.51. The smallest absolute Gasteiger partial charge is 0.257 e. The monoisotopic (exact) mass is 425 g/mol. The van der Waals surface area contributed by atoms with Gasteiger partial charge < -0.3 is 9.84 Å². The average molecular weight is 425 g/mol. The van der Waals surface area contributed by atoms with E-state index >= 15 is 0 Å². The van der Waals surface area contributed by atoms with Crippen LogP contribution < -0.4 is 15.5 Å². The summed E-state index contributed by atoms with van der Waals surface area (Å²) >= 11 is 1.11. The minimum absolute atomic E-state index is 0.0141. The third-order valence-electron chi connectivity index (χ3n) is 3.92. The second-order valence-electron chi connectivity index (χ2n) is 6.22. The average Bonchev–Trinajstić information content (AvgIpc) is 3.16. The number of phenolic OH excluding ortho intramolecular Hbond substituents is 1. The third kappa shape index (κ3) is 5.61. The molecule has 2 aromatic carbocycles. The Balaban J connectivity index is 1.52. The highest BCUT2D eigenvalue weighted by Gasteiger charge is 2.12. The zero-order valence-corrected chi connectivity index (χ0v) is 17.1. The molecule has 1 aromatic heterocycles. The molecule has 0 bridgehead atoms. The van der Waals surface area contributed by atoms with Gasteiger partial charge in [0.1, 0.15) is 5.01 Å². The molecular weight excluding hydrogens is 406 g/mol. The summed E-state index contributed by atoms with van der Waals surface area (Å²) in [6, 6.07) is 11.8. The van der Waals surface area contributed by atoms with E-state index in [1.54, 1.807) is 24.3 Å². The van der Waals surface area contributed by atoms with Gasteiger partial charge in [0.25, 0.3) is 5.91 Å². The van der Waals surface area contributed by atoms with Crippen molar-refractivity contribution in [1.82, 2.24) is 15.6 Å². The molecule has 154 valence electrons. The van der Waals surface area contributed by atoms with E-state index in [1.165, 1.54) is 19.4 Å². The Morgan fingerprint density at radius 1 is 1.20 bits per heavy atom. The molecule has 2 amide bonds. The molecule has 0 aliphatic rings. The molecule has 3 rings (SSSR count). The Morgan fingerprint density at radius 2 is 1.97 bits per heavy atom. The molecule has 0 unspecified atom stereocenters. The Labute approximate surface area is 176 Å². The lowest BCUT2D eigenvalue weighted by Crippen LogP contribution is -2.19. The number of hydrogen-bond acceptors (Lipinski definition) is 8. The molecule has 1 heterocycles. The fraction of sp³-hybridized carbons (Fsp3) is 0.150. The first kappa shape index (κ1) is 20.9. The van der Waals surface area contributed by atoms with E-state index in [2.05, 4.69) is 26.0 Å². The number of phenols is 1. The van der Waals surface area contributed by atoms with Crippen LogP contribution in [0.5, 0.6) is 11.5 Å². The molecule has 0 aliphatic carbocycles. The summed E-state index contributed by atoms with van der Waals surface area (Å²) in [6.07, 6.45) is 1.39. The van der Waals surface area contributed by atoms with Gasteiger partial charge in [0, 0.05) is 5.56 Å². The van der Waals surface area contributed by atoms with Crippen LogP contribution in [0, 0.1) is 6.92 Å². The van der Waals surface area contributed by atoms with Crippen LogP contribution in [-0.2, 0) is 11.2 Å². The van der Waals surface area contributed by atoms with Crippen LogP contribution in [0.25, 0.3) is 0 Å². The molecule has 0 saturated carbocycles. The summed E-state index contributed by atoms with van der Waals surface area (Å²) in [5.41, 5.74) is 4.60. The number of amides is 2. The van der Waals surface area contributed by atoms with Crippen molar-refractivity contribution in [2.24, 2.45) is 5.10 Å². The molecular formula is C20H19N5O4S. The Bertz CT molecular complexity index is 1080. The number of aromatic hydroxyl groups is 1. The van der Waals surface area contributed by atoms with E-state index in [-0.39, 0.29) is 24.0 Å². The van der Waals surface area contributed by atoms with Crippen molar-refractivity contribution in [1.29, 1.82) is 0 Å². The van der Waals surface area contributed by atoms with Crippen molar-refractivity contribution in [2.45, 2.75) is 13.3 Å². The van der Waals surface area contributed by atoms with E-state index in [0.29, 0.717) is 27.0 Å². The fourth-order valence-electron chi connectivity index (χ4n) is 2.38. The van der Waals surface area contributed by atoms with Crippen LogP contribution in [0.2, 0.25) is 0 Å². The van der Waals surface area contributed by atoms with Crippen molar-refractivity contribution in [3.63, 3.8) is 0 Å². The number of carbonyl (C=O) groups excluding carboxylic acids is 2. The van der Waals surface area contributed by atoms with E-state index < -0.39 is 0 Å². The maximum absolute atomic E-state index is 12.2. The maximum atomic E-state index is 12.2. The Kier molecular flexibility index (Phi) is 6.71. The largest absolute Gasteiger partial charge is 0.504 e. The van der Waals surface area contributed by atoms with Gasteiger partial charge in [-0.15, -0.1) is 10.2 Å². The normalized spacial score (nSPS) is 10.7. The van der Waals surface area contributed by atoms with Crippen LogP contribution in [-0.4, -0.2) is 40.4 Å². The lowest BCUT2D eigenvalue weighted by molar-refractivity contribution is -0.120. The van der Waals surface area contributed by atoms with Crippen molar-refractivity contribution < 1.29 is 19.4 Å². The quantitative estimate of drug-likeness (QED) is 0.394. The van der Waals surface area contributed by atoms with E-state index in [9.17, 15) is 14.7 Å². The highest BCUT2D eigenvalue weighted by molar-refractivity contribution is 7.15. The Hall–Kier alpha value is -3.79. The molecule has 0 spiro atoms. The van der Waals surface area contributed by atoms with Gasteiger partial charge in [-0.2, -0.15) is 5.10 Å². The number of anilines is 1. The molecule has 0 atom stereocenters. The van der Waals surface area contributed by atoms with Crippen LogP contribution in [0.15, 0.2) is 47.6 Å². The molecule has 3 N–H and O–H groups in total. The number of methoxy groups -OCH3 is 1. The minimum atomic E-state index is -0.385. The van der Waals surface area contributed by atoms with Gasteiger partial charge in [-0.25, -0.2) is 5.43 Å². The second-order valence-corrected chi connectivity index (χ2v) is 7.28. The number of aromatic nitrogens is 2. The van der Waals surface area contributed by atoms with Crippen molar-refractivity contribution >= 4 is 34.5 Å². The highest BCUT2D eigenvalue weighted by atomic mass is 32.1. The molecule has 3 aromatic rings. The number of aryl methyl sites for hydroxylation is 1. The molecule has 0 aliphatic heterocycles. The number of benzene rings is 2. The second kappa shape index (κ2) is 9.61. The van der Waals surface area contributed by atoms with E-state index in [1.807, 2.05) is 19.1 Å². The lowest BCUT2D eigenvalue weighted by atomic mass is 10.1. The van der Waals surface area contributed by atoms with Crippen LogP contribution in [0.3, 0.4) is 0 Å². The van der Waals surface area contributed by atoms with Crippen molar-refractivity contribution in [3.05, 3.63) is 64.2 Å². The summed E-state index contributed by atoms with van der Waals surface area (Å²) in [4.78, 5) is 24.2. The topological polar surface area (TPSA) is 126 Å². The van der Waals surface area contributed by atoms with Crippen LogP contribution >= 0.6 is 11.3 Å². The fourth-order valence-corrected chi connectivity index (χ4v) is 3.11. The molecule has 0 saturated heterocycles. The van der Waals surface area contributed by atoms with Gasteiger partial charge in [0.2, 0.25) is 11.0 Å². The molecule has 30 heavy (non-hydrogen) atoms. The summed E-state index contributed by atoms with van der Waals surface area (Å²) in [5, 5.41) is 24.6. The summed E-state index contributed by atoms with van der Waals surface area (Å²) in [6.45, 7) is 1.94. The van der Waals surface area contributed by atoms with Gasteiger partial charge in [-0.1, -0.05) is 29.0 Å². The first-order valence-corrected chi connectivity index (χ1v) is 9.65. The van der Waals surface area contributed by atoms with Gasteiger partial charge in [0.15, 0.2) is 11.5 Å². The number of hydrogen-bond donors (Lipinski definition) is 3. The highest BCUT2D eigenvalue weighted by Crippen LogP contribution is 2.25. The summed E-state index contributed by atoms with van der Waals surface area (Å²) < 4.78 is 5.01. The van der Waals surface area contributed by atoms with Crippen molar-refractivity contribution in [3.8, 4) is 11.5 Å². The number of carbonyl (C=O) groups is 2. The van der Waals surface area contributed by atoms with Gasteiger partial charge >= 0.3 is 0 Å². The zero-order valence-electron chi connectivity index (χ0n) is 16.2. The predicted molar refractivity (Wildman–Crippen MR) is 113 cm³/mol. The third-order valence-corrected chi connectivity index (χ3v) is 4.76. The van der Waals surface area contributed by atoms with E-state index in [0.717, 1.165) is 16.9 Å². The molecule has 10 heteroatoms. The number of nitrogens with zero attached hydrogens (tertiary/aromatic N) is 3. The molecule has 9 nitrogen and oxygen atoms in total. The minimum Gasteiger partial charge on any atom is -0.504 e. The number of nitrogens with one attached hydrogen (secondary N) is 2. The van der Waals surface area contributed by atoms with Crippen LogP contribution in [0.4, 0.5) is 5.13 Å². The molecule has 0 radical (unpaired) electrons. The first-order valence-electron chi connectivity index (χ1n) is 8.84. The van der Waals surface area contributed by atoms with Crippen molar-refractivity contribution in [2.75, 3.05) is 12.4 Å². The van der Waals surface area contributed by atoms with Gasteiger partial charge in [-0.3, -0.25) is 14.9 Å². The number of ether oxygens (including phenoxy) is 1. The SMILES string of the molecule is COc1cc(/C=N/NC(=O)Cc2nnc(NC(=O)c3ccc(C)cc3)s2)ccc1O. The van der Waals surface area contributed by atoms with Gasteiger partial charge in [-0.05, 0) is 42.8 Å². The zero-order chi connectivity index (χ0) is 21.5. The van der Waals surface area contributed by atoms with Gasteiger partial charge in [0.05, 0.1) is 19.7 Å². The summed E-state index contributed by atoms with van der Waals surface area (Å²) in [5.74, 6) is -0.361. The standard InChI is InChI=1S/C20H19N5O4S/c1-12-3-6-14(7-4-12)19(28)22-20-25-24-18(30-20)10-17(27)23-21-11-13-5-8-15(26)16(9-13)29-2/h3-9,11,26H,10H2,1-2H3,(H,23,27)(H,22,25,28)/b21-11+. The Morgan fingerprint density at radius 3 is 2.70 bits per heavy atom. The number of hydrazone groups is 1. The lowest BCUT2D eigenvalue weighted by Gasteiger charge is -2.03. The van der Waals surface area contributed by atoms with E-state index in [4.69, 9.17) is 4.74 Å². The molecule has 0 fully saturated rings.